The Morgan fingerprint density at radius 3 is 0.886 bits per heavy atom. The summed E-state index contributed by atoms with van der Waals surface area (Å²) in [6.45, 7) is 6.46. The van der Waals surface area contributed by atoms with Crippen molar-refractivity contribution in [1.29, 1.82) is 0 Å². The molecule has 454 valence electrons. The molecule has 0 aliphatic heterocycles. The smallest absolute Gasteiger partial charge is 0.309 e. The van der Waals surface area contributed by atoms with Gasteiger partial charge in [-0.2, -0.15) is 0 Å². The fraction of sp³-hybridized carbons (Fsp3) is 0.740. The number of hydrogen-bond acceptors (Lipinski definition) is 6. The lowest BCUT2D eigenvalue weighted by Crippen LogP contribution is -2.30. The average Bonchev–Trinajstić information content (AvgIpc) is 3.45. The second-order valence-electron chi connectivity index (χ2n) is 22.4. The summed E-state index contributed by atoms with van der Waals surface area (Å²) in [4.78, 5) is 38.3. The van der Waals surface area contributed by atoms with Crippen molar-refractivity contribution in [2.45, 2.75) is 335 Å². The lowest BCUT2D eigenvalue weighted by atomic mass is 10.0. The number of allylic oxidation sites excluding steroid dienone is 15. The average molecular weight is 1100 g/mol. The molecule has 0 aliphatic rings. The van der Waals surface area contributed by atoms with Crippen LogP contribution in [0.25, 0.3) is 0 Å². The molecule has 6 heteroatoms. The van der Waals surface area contributed by atoms with E-state index in [4.69, 9.17) is 14.2 Å². The van der Waals surface area contributed by atoms with Gasteiger partial charge in [-0.15, -0.1) is 0 Å². The minimum absolute atomic E-state index is 0.109. The van der Waals surface area contributed by atoms with Gasteiger partial charge >= 0.3 is 17.9 Å². The summed E-state index contributed by atoms with van der Waals surface area (Å²) >= 11 is 0. The van der Waals surface area contributed by atoms with Crippen molar-refractivity contribution >= 4 is 17.9 Å². The molecule has 0 fully saturated rings. The summed E-state index contributed by atoms with van der Waals surface area (Å²) < 4.78 is 16.8. The quantitative estimate of drug-likeness (QED) is 0.0261. The Morgan fingerprint density at radius 2 is 0.544 bits per heavy atom. The van der Waals surface area contributed by atoms with Gasteiger partial charge in [0, 0.05) is 12.8 Å². The first-order chi connectivity index (χ1) is 39.0. The minimum atomic E-state index is -0.822. The van der Waals surface area contributed by atoms with Crippen LogP contribution in [-0.4, -0.2) is 37.2 Å². The van der Waals surface area contributed by atoms with Crippen LogP contribution >= 0.6 is 0 Å². The van der Waals surface area contributed by atoms with Gasteiger partial charge in [-0.25, -0.2) is 0 Å². The summed E-state index contributed by atoms with van der Waals surface area (Å²) in [5.74, 6) is -1.04. The second kappa shape index (κ2) is 66.8. The first-order valence-electron chi connectivity index (χ1n) is 33.7. The molecular formula is C73H126O6. The molecule has 0 heterocycles. The molecule has 0 amide bonds. The molecule has 0 N–H and O–H groups in total. The van der Waals surface area contributed by atoms with Gasteiger partial charge in [0.15, 0.2) is 6.10 Å². The molecule has 0 spiro atoms. The fourth-order valence-corrected chi connectivity index (χ4v) is 9.58. The Morgan fingerprint density at radius 1 is 0.278 bits per heavy atom. The molecule has 0 bridgehead atoms. The van der Waals surface area contributed by atoms with Crippen LogP contribution in [0.1, 0.15) is 329 Å². The highest BCUT2D eigenvalue weighted by molar-refractivity contribution is 5.72. The number of carbonyl (C=O) groups is 3. The van der Waals surface area contributed by atoms with Crippen molar-refractivity contribution in [3.63, 3.8) is 0 Å². The van der Waals surface area contributed by atoms with E-state index in [0.29, 0.717) is 12.8 Å². The summed E-state index contributed by atoms with van der Waals surface area (Å²) in [5, 5.41) is 0. The fourth-order valence-electron chi connectivity index (χ4n) is 9.58. The summed E-state index contributed by atoms with van der Waals surface area (Å²) in [6, 6.07) is 0. The van der Waals surface area contributed by atoms with Crippen molar-refractivity contribution in [2.24, 2.45) is 0 Å². The molecule has 0 aromatic rings. The Balaban J connectivity index is 4.40. The van der Waals surface area contributed by atoms with E-state index in [-0.39, 0.29) is 31.6 Å². The number of esters is 3. The van der Waals surface area contributed by atoms with E-state index in [2.05, 4.69) is 106 Å². The van der Waals surface area contributed by atoms with Crippen LogP contribution in [0.15, 0.2) is 97.2 Å². The molecule has 0 saturated carbocycles. The third kappa shape index (κ3) is 65.0. The minimum Gasteiger partial charge on any atom is -0.462 e. The molecule has 1 unspecified atom stereocenters. The molecular weight excluding hydrogens is 973 g/mol. The predicted molar refractivity (Wildman–Crippen MR) is 344 cm³/mol. The van der Waals surface area contributed by atoms with Gasteiger partial charge in [0.05, 0.1) is 6.42 Å². The zero-order chi connectivity index (χ0) is 57.1. The lowest BCUT2D eigenvalue weighted by molar-refractivity contribution is -0.166. The molecule has 1 atom stereocenters. The Hall–Kier alpha value is -3.67. The maximum atomic E-state index is 12.9. The van der Waals surface area contributed by atoms with Crippen LogP contribution in [0.3, 0.4) is 0 Å². The van der Waals surface area contributed by atoms with Gasteiger partial charge < -0.3 is 14.2 Å². The zero-order valence-electron chi connectivity index (χ0n) is 52.1. The number of unbranched alkanes of at least 4 members (excludes halogenated alkanes) is 35. The normalized spacial score (nSPS) is 12.7. The highest BCUT2D eigenvalue weighted by atomic mass is 16.6. The molecule has 0 saturated heterocycles. The molecule has 0 radical (unpaired) electrons. The van der Waals surface area contributed by atoms with Crippen molar-refractivity contribution in [2.75, 3.05) is 13.2 Å². The van der Waals surface area contributed by atoms with E-state index in [1.165, 1.54) is 199 Å². The number of ether oxygens (including phenoxy) is 3. The SMILES string of the molecule is CC/C=C\C/C=C\C/C=C\C/C=C\C/C=C\CC(=O)OCC(COC(=O)CCCCCCCCCC/C=C\C/C=C\C/C=C\CCCCCCC)OC(=O)CCCCCCCCCCCCCCCCCCCCCCCCC. The molecule has 79 heavy (non-hydrogen) atoms. The van der Waals surface area contributed by atoms with E-state index in [1.807, 2.05) is 6.08 Å². The molecule has 6 nitrogen and oxygen atoms in total. The molecule has 0 aromatic carbocycles. The topological polar surface area (TPSA) is 78.9 Å². The van der Waals surface area contributed by atoms with Crippen molar-refractivity contribution in [3.05, 3.63) is 97.2 Å². The number of carbonyl (C=O) groups excluding carboxylic acids is 3. The summed E-state index contributed by atoms with van der Waals surface area (Å²) in [6.07, 6.45) is 90.2. The van der Waals surface area contributed by atoms with Crippen LogP contribution in [0.2, 0.25) is 0 Å². The highest BCUT2D eigenvalue weighted by Crippen LogP contribution is 2.17. The Kier molecular flexibility index (Phi) is 63.7. The van der Waals surface area contributed by atoms with Gasteiger partial charge in [0.1, 0.15) is 13.2 Å². The van der Waals surface area contributed by atoms with Gasteiger partial charge in [-0.3, -0.25) is 14.4 Å². The van der Waals surface area contributed by atoms with Gasteiger partial charge in [0.25, 0.3) is 0 Å². The van der Waals surface area contributed by atoms with Crippen LogP contribution in [0.4, 0.5) is 0 Å². The Labute approximate surface area is 489 Å². The molecule has 0 aromatic heterocycles. The van der Waals surface area contributed by atoms with Crippen molar-refractivity contribution < 1.29 is 28.6 Å². The van der Waals surface area contributed by atoms with E-state index in [9.17, 15) is 14.4 Å². The van der Waals surface area contributed by atoms with Gasteiger partial charge in [-0.1, -0.05) is 323 Å². The number of rotatable bonds is 61. The maximum Gasteiger partial charge on any atom is 0.309 e. The lowest BCUT2D eigenvalue weighted by Gasteiger charge is -2.18. The third-order valence-electron chi connectivity index (χ3n) is 14.6. The molecule has 0 rings (SSSR count). The second-order valence-corrected chi connectivity index (χ2v) is 22.4. The third-order valence-corrected chi connectivity index (χ3v) is 14.6. The first kappa shape index (κ1) is 75.3. The maximum absolute atomic E-state index is 12.9. The highest BCUT2D eigenvalue weighted by Gasteiger charge is 2.19. The van der Waals surface area contributed by atoms with E-state index in [0.717, 1.165) is 89.9 Å². The van der Waals surface area contributed by atoms with Gasteiger partial charge in [0.2, 0.25) is 0 Å². The van der Waals surface area contributed by atoms with Crippen LogP contribution in [-0.2, 0) is 28.6 Å². The Bertz CT molecular complexity index is 1540. The van der Waals surface area contributed by atoms with Crippen molar-refractivity contribution in [3.8, 4) is 0 Å². The monoisotopic (exact) mass is 1100 g/mol. The van der Waals surface area contributed by atoms with E-state index < -0.39 is 12.1 Å². The van der Waals surface area contributed by atoms with E-state index >= 15 is 0 Å². The van der Waals surface area contributed by atoms with Crippen LogP contribution in [0, 0.1) is 0 Å². The molecule has 0 aliphatic carbocycles. The summed E-state index contributed by atoms with van der Waals surface area (Å²) in [7, 11) is 0. The predicted octanol–water partition coefficient (Wildman–Crippen LogP) is 23.2. The zero-order valence-corrected chi connectivity index (χ0v) is 52.1. The number of hydrogen-bond donors (Lipinski definition) is 0. The summed E-state index contributed by atoms with van der Waals surface area (Å²) in [5.41, 5.74) is 0. The van der Waals surface area contributed by atoms with Crippen LogP contribution < -0.4 is 0 Å². The van der Waals surface area contributed by atoms with E-state index in [1.54, 1.807) is 6.08 Å². The van der Waals surface area contributed by atoms with Gasteiger partial charge in [-0.05, 0) is 83.5 Å². The van der Waals surface area contributed by atoms with Crippen LogP contribution in [0.5, 0.6) is 0 Å². The first-order valence-corrected chi connectivity index (χ1v) is 33.7. The van der Waals surface area contributed by atoms with Crippen molar-refractivity contribution in [1.82, 2.24) is 0 Å². The largest absolute Gasteiger partial charge is 0.462 e. The standard InChI is InChI=1S/C73H126O6/c1-4-7-10-13-16-19-22-25-28-30-32-34-36-38-40-42-45-48-51-54-57-60-63-66-72(75)78-69-70(68-77-71(74)65-62-59-56-53-50-47-44-27-24-21-18-15-12-9-6-3)79-73(76)67-64-61-58-55-52-49-46-43-41-39-37-35-33-31-29-26-23-20-17-14-11-8-5-2/h9,12,18,21-22,25,27,30,32,36,38,44,50,53,59,62,70H,4-8,10-11,13-17,19-20,23-24,26,28-29,31,33-35,37,39-43,45-49,51-52,54-58,60-61,63-69H2,1-3H3/b12-9-,21-18-,25-22-,32-30-,38-36-,44-27-,53-50-,62-59-.